The van der Waals surface area contributed by atoms with Gasteiger partial charge in [0.05, 0.1) is 16.5 Å². The molecule has 0 fully saturated rings. The Balaban J connectivity index is 1.24. The Labute approximate surface area is 324 Å². The van der Waals surface area contributed by atoms with Crippen LogP contribution in [0.5, 0.6) is 0 Å². The van der Waals surface area contributed by atoms with Gasteiger partial charge in [0.15, 0.2) is 0 Å². The molecule has 55 heavy (non-hydrogen) atoms. The summed E-state index contributed by atoms with van der Waals surface area (Å²) < 4.78 is 0. The van der Waals surface area contributed by atoms with Gasteiger partial charge in [-0.3, -0.25) is 4.99 Å². The van der Waals surface area contributed by atoms with Gasteiger partial charge in [0, 0.05) is 5.69 Å². The second-order valence-electron chi connectivity index (χ2n) is 16.4. The predicted molar refractivity (Wildman–Crippen MR) is 233 cm³/mol. The molecule has 0 spiro atoms. The summed E-state index contributed by atoms with van der Waals surface area (Å²) in [5.74, 6) is 1.06. The van der Waals surface area contributed by atoms with Crippen molar-refractivity contribution >= 4 is 33.1 Å². The van der Waals surface area contributed by atoms with Crippen molar-refractivity contribution in [2.24, 2.45) is 4.99 Å². The molecule has 10 rings (SSSR count). The summed E-state index contributed by atoms with van der Waals surface area (Å²) in [5.41, 5.74) is 13.0. The van der Waals surface area contributed by atoms with Gasteiger partial charge in [0.25, 0.3) is 0 Å². The monoisotopic (exact) mass is 708 g/mol. The van der Waals surface area contributed by atoms with E-state index in [4.69, 9.17) is 4.99 Å². The van der Waals surface area contributed by atoms with E-state index in [1.165, 1.54) is 82.9 Å². The number of rotatable bonds is 5. The number of aliphatic imine (C=N–C) groups is 1. The molecule has 1 aliphatic carbocycles. The summed E-state index contributed by atoms with van der Waals surface area (Å²) in [7, 11) is 0. The van der Waals surface area contributed by atoms with E-state index in [0.717, 1.165) is 5.84 Å². The van der Waals surface area contributed by atoms with Crippen LogP contribution >= 0.6 is 0 Å². The Hall–Kier alpha value is -6.25. The first-order chi connectivity index (χ1) is 26.7. The molecule has 0 N–H and O–H groups in total. The number of anilines is 1. The van der Waals surface area contributed by atoms with Crippen molar-refractivity contribution in [3.63, 3.8) is 0 Å². The van der Waals surface area contributed by atoms with Crippen LogP contribution in [0.2, 0.25) is 0 Å². The molecule has 0 atom stereocenters. The van der Waals surface area contributed by atoms with Crippen LogP contribution in [0.15, 0.2) is 181 Å². The first kappa shape index (κ1) is 33.3. The molecule has 2 nitrogen and oxygen atoms in total. The summed E-state index contributed by atoms with van der Waals surface area (Å²) in [5, 5.41) is 5.04. The van der Waals surface area contributed by atoms with Crippen LogP contribution in [-0.2, 0) is 5.41 Å². The van der Waals surface area contributed by atoms with Crippen molar-refractivity contribution < 1.29 is 0 Å². The molecule has 266 valence electrons. The van der Waals surface area contributed by atoms with Crippen molar-refractivity contribution in [2.75, 3.05) is 4.90 Å². The topological polar surface area (TPSA) is 15.6 Å². The molecule has 0 unspecified atom stereocenters. The Kier molecular flexibility index (Phi) is 7.35. The first-order valence-corrected chi connectivity index (χ1v) is 19.5. The average Bonchev–Trinajstić information content (AvgIpc) is 3.60. The molecule has 0 saturated carbocycles. The minimum atomic E-state index is -0.544. The van der Waals surface area contributed by atoms with Crippen molar-refractivity contribution in [2.45, 2.75) is 51.1 Å². The van der Waals surface area contributed by atoms with Crippen LogP contribution in [0.3, 0.4) is 0 Å². The van der Waals surface area contributed by atoms with Crippen LogP contribution < -0.4 is 4.90 Å². The van der Waals surface area contributed by atoms with Gasteiger partial charge in [-0.2, -0.15) is 0 Å². The van der Waals surface area contributed by atoms with Crippen LogP contribution in [0.25, 0.3) is 54.9 Å². The van der Waals surface area contributed by atoms with Crippen molar-refractivity contribution in [3.8, 4) is 33.4 Å². The predicted octanol–water partition coefficient (Wildman–Crippen LogP) is 13.5. The lowest BCUT2D eigenvalue weighted by atomic mass is 9.67. The highest BCUT2D eigenvalue weighted by Gasteiger charge is 2.49. The first-order valence-electron chi connectivity index (χ1n) is 19.5. The summed E-state index contributed by atoms with van der Waals surface area (Å²) >= 11 is 0. The fraction of sp³-hybridized carbons (Fsp3) is 0.151. The summed E-state index contributed by atoms with van der Waals surface area (Å²) in [6, 6.07) is 65.7. The maximum Gasteiger partial charge on any atom is 0.102 e. The highest BCUT2D eigenvalue weighted by Crippen LogP contribution is 2.59. The van der Waals surface area contributed by atoms with Crippen LogP contribution in [0, 0.1) is 0 Å². The molecule has 2 heteroatoms. The molecule has 0 amide bonds. The molecule has 0 bridgehead atoms. The second-order valence-corrected chi connectivity index (χ2v) is 16.4. The minimum Gasteiger partial charge on any atom is -0.322 e. The molecular formula is C53H44N2. The van der Waals surface area contributed by atoms with E-state index >= 15 is 0 Å². The normalized spacial score (nSPS) is 16.2. The quantitative estimate of drug-likeness (QED) is 0.174. The lowest BCUT2D eigenvalue weighted by Gasteiger charge is -2.41. The van der Waals surface area contributed by atoms with Gasteiger partial charge in [-0.05, 0) is 142 Å². The van der Waals surface area contributed by atoms with Crippen LogP contribution in [-0.4, -0.2) is 16.9 Å². The highest BCUT2D eigenvalue weighted by molar-refractivity contribution is 6.10. The number of nitrogens with zero attached hydrogens (tertiary/aromatic N) is 2. The molecular weight excluding hydrogens is 665 g/mol. The van der Waals surface area contributed by atoms with Gasteiger partial charge in [-0.1, -0.05) is 146 Å². The maximum atomic E-state index is 5.07. The van der Waals surface area contributed by atoms with Crippen LogP contribution in [0.4, 0.5) is 5.69 Å². The van der Waals surface area contributed by atoms with E-state index in [9.17, 15) is 0 Å². The van der Waals surface area contributed by atoms with Gasteiger partial charge < -0.3 is 4.90 Å². The summed E-state index contributed by atoms with van der Waals surface area (Å²) in [4.78, 5) is 7.47. The lowest BCUT2D eigenvalue weighted by molar-refractivity contribution is 0.338. The van der Waals surface area contributed by atoms with Crippen LogP contribution in [0.1, 0.15) is 56.9 Å². The van der Waals surface area contributed by atoms with Gasteiger partial charge in [-0.25, -0.2) is 0 Å². The van der Waals surface area contributed by atoms with E-state index < -0.39 is 5.41 Å². The van der Waals surface area contributed by atoms with E-state index in [1.807, 2.05) is 0 Å². The average molecular weight is 709 g/mol. The summed E-state index contributed by atoms with van der Waals surface area (Å²) in [6.45, 7) is 11.2. The lowest BCUT2D eigenvalue weighted by Crippen LogP contribution is -2.52. The third-order valence-corrected chi connectivity index (χ3v) is 12.9. The molecule has 0 radical (unpaired) electrons. The van der Waals surface area contributed by atoms with Crippen molar-refractivity contribution in [1.82, 2.24) is 0 Å². The zero-order valence-electron chi connectivity index (χ0n) is 32.1. The number of benzene rings is 8. The van der Waals surface area contributed by atoms with Gasteiger partial charge in [-0.15, -0.1) is 0 Å². The van der Waals surface area contributed by atoms with E-state index in [0.29, 0.717) is 0 Å². The molecule has 8 aromatic carbocycles. The number of hydrogen-bond donors (Lipinski definition) is 0. The van der Waals surface area contributed by atoms with Crippen molar-refractivity contribution in [1.29, 1.82) is 0 Å². The smallest absolute Gasteiger partial charge is 0.102 e. The highest BCUT2D eigenvalue weighted by atomic mass is 15.3. The summed E-state index contributed by atoms with van der Waals surface area (Å²) in [6.07, 6.45) is 0. The minimum absolute atomic E-state index is 0.151. The van der Waals surface area contributed by atoms with Gasteiger partial charge in [0.2, 0.25) is 0 Å². The molecule has 2 aliphatic rings. The standard InChI is InChI=1S/C53H44N2/c1-35-54-51(2,3)52(4,5)55(35)43-29-26-37(27-30-43)47-34-49-50(45-23-15-14-22-44(45)47)46-31-28-40(39-25-24-36-16-12-13-17-38(36)32-39)33-48(46)53(49,41-18-8-6-9-19-41)42-20-10-7-11-21-42/h6-34H,1-5H3. The largest absolute Gasteiger partial charge is 0.322 e. The number of amidine groups is 1. The maximum absolute atomic E-state index is 5.07. The molecule has 1 aliphatic heterocycles. The fourth-order valence-corrected chi connectivity index (χ4v) is 9.70. The Bertz CT molecular complexity index is 2770. The third-order valence-electron chi connectivity index (χ3n) is 12.9. The van der Waals surface area contributed by atoms with Gasteiger partial charge >= 0.3 is 0 Å². The Morgan fingerprint density at radius 3 is 1.67 bits per heavy atom. The molecule has 8 aromatic rings. The van der Waals surface area contributed by atoms with Crippen molar-refractivity contribution in [3.05, 3.63) is 198 Å². The molecule has 0 saturated heterocycles. The zero-order valence-corrected chi connectivity index (χ0v) is 32.1. The Morgan fingerprint density at radius 1 is 0.455 bits per heavy atom. The van der Waals surface area contributed by atoms with E-state index in [-0.39, 0.29) is 11.1 Å². The zero-order chi connectivity index (χ0) is 37.5. The SMILES string of the molecule is CC1=NC(C)(C)C(C)(C)N1c1ccc(-c2cc3c(c4ccccc24)-c2ccc(-c4ccc5ccccc5c4)cc2C3(c2ccccc2)c2ccccc2)cc1. The number of hydrogen-bond acceptors (Lipinski definition) is 2. The van der Waals surface area contributed by atoms with Gasteiger partial charge in [0.1, 0.15) is 5.84 Å². The third kappa shape index (κ3) is 4.84. The second kappa shape index (κ2) is 12.1. The fourth-order valence-electron chi connectivity index (χ4n) is 9.70. The van der Waals surface area contributed by atoms with E-state index in [1.54, 1.807) is 0 Å². The molecule has 1 heterocycles. The van der Waals surface area contributed by atoms with E-state index in [2.05, 4.69) is 215 Å². The Morgan fingerprint density at radius 2 is 1.02 bits per heavy atom. The molecule has 0 aromatic heterocycles. The number of fused-ring (bicyclic) bond motifs is 6.